The van der Waals surface area contributed by atoms with Crippen LogP contribution < -0.4 is 14.8 Å². The normalized spacial score (nSPS) is 9.76. The van der Waals surface area contributed by atoms with Crippen LogP contribution in [-0.4, -0.2) is 24.3 Å². The number of carboxylic acid groups (broad SMARTS) is 1. The molecule has 0 spiro atoms. The lowest BCUT2D eigenvalue weighted by Crippen LogP contribution is -2.17. The van der Waals surface area contributed by atoms with Crippen LogP contribution in [0.3, 0.4) is 0 Å². The molecule has 0 fully saturated rings. The van der Waals surface area contributed by atoms with Gasteiger partial charge in [0.25, 0.3) is 0 Å². The number of carbonyl (C=O) groups excluding carboxylic acids is 1. The zero-order valence-corrected chi connectivity index (χ0v) is 11.2. The van der Waals surface area contributed by atoms with Gasteiger partial charge in [0, 0.05) is 0 Å². The minimum atomic E-state index is -1.10. The quantitative estimate of drug-likeness (QED) is 0.903. The molecule has 108 valence electrons. The molecule has 0 radical (unpaired) electrons. The second-order valence-electron chi connectivity index (χ2n) is 4.05. The molecular formula is C15H13NO5. The lowest BCUT2D eigenvalue weighted by molar-refractivity contribution is 0.0697. The van der Waals surface area contributed by atoms with E-state index < -0.39 is 12.1 Å². The third kappa shape index (κ3) is 3.73. The van der Waals surface area contributed by atoms with Gasteiger partial charge in [0.05, 0.1) is 18.4 Å². The van der Waals surface area contributed by atoms with E-state index in [0.29, 0.717) is 11.5 Å². The average molecular weight is 287 g/mol. The molecule has 0 bridgehead atoms. The fourth-order valence-corrected chi connectivity index (χ4v) is 1.67. The summed E-state index contributed by atoms with van der Waals surface area (Å²) in [6.45, 7) is 0. The largest absolute Gasteiger partial charge is 0.495 e. The third-order valence-electron chi connectivity index (χ3n) is 2.64. The minimum absolute atomic E-state index is 0.0332. The van der Waals surface area contributed by atoms with Crippen LogP contribution in [0.4, 0.5) is 10.5 Å². The molecule has 6 heteroatoms. The third-order valence-corrected chi connectivity index (χ3v) is 2.64. The predicted molar refractivity (Wildman–Crippen MR) is 76.0 cm³/mol. The zero-order chi connectivity index (χ0) is 15.2. The topological polar surface area (TPSA) is 84.9 Å². The summed E-state index contributed by atoms with van der Waals surface area (Å²) in [5, 5.41) is 11.4. The highest BCUT2D eigenvalue weighted by molar-refractivity contribution is 5.93. The Balaban J connectivity index is 2.16. The molecule has 0 unspecified atom stereocenters. The van der Waals surface area contributed by atoms with E-state index in [0.717, 1.165) is 0 Å². The molecule has 0 aliphatic carbocycles. The minimum Gasteiger partial charge on any atom is -0.495 e. The van der Waals surface area contributed by atoms with Gasteiger partial charge in [-0.3, -0.25) is 5.32 Å². The van der Waals surface area contributed by atoms with Crippen LogP contribution in [0.2, 0.25) is 0 Å². The van der Waals surface area contributed by atoms with E-state index in [9.17, 15) is 9.59 Å². The van der Waals surface area contributed by atoms with Crippen molar-refractivity contribution in [1.82, 2.24) is 0 Å². The first-order valence-electron chi connectivity index (χ1n) is 6.05. The van der Waals surface area contributed by atoms with E-state index in [-0.39, 0.29) is 11.3 Å². The number of rotatable bonds is 4. The number of para-hydroxylation sites is 1. The summed E-state index contributed by atoms with van der Waals surface area (Å²) in [6.07, 6.45) is -0.734. The summed E-state index contributed by atoms with van der Waals surface area (Å²) in [7, 11) is 1.42. The lowest BCUT2D eigenvalue weighted by atomic mass is 10.2. The first-order valence-corrected chi connectivity index (χ1v) is 6.05. The van der Waals surface area contributed by atoms with Gasteiger partial charge in [-0.15, -0.1) is 0 Å². The first-order chi connectivity index (χ1) is 10.1. The Morgan fingerprint density at radius 2 is 1.81 bits per heavy atom. The summed E-state index contributed by atoms with van der Waals surface area (Å²) in [6, 6.07) is 12.7. The Labute approximate surface area is 120 Å². The molecule has 0 atom stereocenters. The van der Waals surface area contributed by atoms with Crippen LogP contribution in [0.5, 0.6) is 11.5 Å². The van der Waals surface area contributed by atoms with Gasteiger partial charge >= 0.3 is 12.1 Å². The number of carboxylic acids is 1. The summed E-state index contributed by atoms with van der Waals surface area (Å²) >= 11 is 0. The number of benzene rings is 2. The van der Waals surface area contributed by atoms with Crippen LogP contribution in [0.1, 0.15) is 10.4 Å². The van der Waals surface area contributed by atoms with Gasteiger partial charge in [-0.05, 0) is 30.3 Å². The smallest absolute Gasteiger partial charge is 0.417 e. The lowest BCUT2D eigenvalue weighted by Gasteiger charge is -2.11. The van der Waals surface area contributed by atoms with Gasteiger partial charge in [0.1, 0.15) is 11.5 Å². The molecule has 0 aromatic heterocycles. The average Bonchev–Trinajstić information content (AvgIpc) is 2.48. The van der Waals surface area contributed by atoms with Crippen molar-refractivity contribution in [2.45, 2.75) is 0 Å². The Morgan fingerprint density at radius 1 is 1.10 bits per heavy atom. The van der Waals surface area contributed by atoms with E-state index in [2.05, 4.69) is 5.32 Å². The summed E-state index contributed by atoms with van der Waals surface area (Å²) in [5.74, 6) is -0.384. The highest BCUT2D eigenvalue weighted by atomic mass is 16.6. The van der Waals surface area contributed by atoms with Crippen molar-refractivity contribution in [3.8, 4) is 11.5 Å². The number of amides is 1. The number of ether oxygens (including phenoxy) is 2. The second kappa shape index (κ2) is 6.42. The Morgan fingerprint density at radius 3 is 2.43 bits per heavy atom. The Bertz CT molecular complexity index is 654. The molecule has 21 heavy (non-hydrogen) atoms. The summed E-state index contributed by atoms with van der Waals surface area (Å²) in [5.41, 5.74) is 0.254. The van der Waals surface area contributed by atoms with Gasteiger partial charge in [-0.25, -0.2) is 9.59 Å². The Hall–Kier alpha value is -3.02. The van der Waals surface area contributed by atoms with Gasteiger partial charge in [0.2, 0.25) is 0 Å². The molecule has 6 nitrogen and oxygen atoms in total. The molecule has 1 amide bonds. The van der Waals surface area contributed by atoms with Crippen molar-refractivity contribution in [2.24, 2.45) is 0 Å². The summed E-state index contributed by atoms with van der Waals surface area (Å²) < 4.78 is 10.1. The number of anilines is 1. The van der Waals surface area contributed by atoms with E-state index in [1.54, 1.807) is 30.3 Å². The van der Waals surface area contributed by atoms with Gasteiger partial charge in [-0.2, -0.15) is 0 Å². The maximum Gasteiger partial charge on any atom is 0.417 e. The van der Waals surface area contributed by atoms with Crippen molar-refractivity contribution >= 4 is 17.7 Å². The SMILES string of the molecule is COc1ccc(C(=O)O)cc1NC(=O)Oc1ccccc1. The fraction of sp³-hybridized carbons (Fsp3) is 0.0667. The molecule has 2 rings (SSSR count). The van der Waals surface area contributed by atoms with Crippen LogP contribution in [0, 0.1) is 0 Å². The van der Waals surface area contributed by atoms with Gasteiger partial charge in [-0.1, -0.05) is 18.2 Å². The van der Waals surface area contributed by atoms with Crippen LogP contribution in [0.15, 0.2) is 48.5 Å². The molecule has 2 N–H and O–H groups in total. The van der Waals surface area contributed by atoms with Crippen molar-refractivity contribution in [3.63, 3.8) is 0 Å². The number of carbonyl (C=O) groups is 2. The number of aromatic carboxylic acids is 1. The van der Waals surface area contributed by atoms with E-state index in [1.165, 1.54) is 25.3 Å². The highest BCUT2D eigenvalue weighted by Gasteiger charge is 2.12. The highest BCUT2D eigenvalue weighted by Crippen LogP contribution is 2.26. The fourth-order valence-electron chi connectivity index (χ4n) is 1.67. The van der Waals surface area contributed by atoms with Crippen LogP contribution in [-0.2, 0) is 0 Å². The molecule has 2 aromatic rings. The first kappa shape index (κ1) is 14.4. The van der Waals surface area contributed by atoms with E-state index >= 15 is 0 Å². The van der Waals surface area contributed by atoms with E-state index in [1.807, 2.05) is 0 Å². The number of methoxy groups -OCH3 is 1. The maximum atomic E-state index is 11.8. The predicted octanol–water partition coefficient (Wildman–Crippen LogP) is 3.00. The van der Waals surface area contributed by atoms with Crippen molar-refractivity contribution < 1.29 is 24.2 Å². The molecule has 0 saturated heterocycles. The van der Waals surface area contributed by atoms with Gasteiger partial charge in [0.15, 0.2) is 0 Å². The zero-order valence-electron chi connectivity index (χ0n) is 11.2. The van der Waals surface area contributed by atoms with Crippen LogP contribution >= 0.6 is 0 Å². The molecule has 0 heterocycles. The van der Waals surface area contributed by atoms with Crippen molar-refractivity contribution in [1.29, 1.82) is 0 Å². The van der Waals surface area contributed by atoms with Crippen molar-refractivity contribution in [2.75, 3.05) is 12.4 Å². The molecule has 0 aliphatic heterocycles. The van der Waals surface area contributed by atoms with E-state index in [4.69, 9.17) is 14.6 Å². The molecule has 2 aromatic carbocycles. The maximum absolute atomic E-state index is 11.8. The molecular weight excluding hydrogens is 274 g/mol. The number of hydrogen-bond acceptors (Lipinski definition) is 4. The second-order valence-corrected chi connectivity index (χ2v) is 4.05. The molecule has 0 aliphatic rings. The number of hydrogen-bond donors (Lipinski definition) is 2. The summed E-state index contributed by atoms with van der Waals surface area (Å²) in [4.78, 5) is 22.7. The number of nitrogens with one attached hydrogen (secondary N) is 1. The van der Waals surface area contributed by atoms with Gasteiger partial charge < -0.3 is 14.6 Å². The van der Waals surface area contributed by atoms with Crippen LogP contribution in [0.25, 0.3) is 0 Å². The Kier molecular flexibility index (Phi) is 4.40. The molecule has 0 saturated carbocycles. The monoisotopic (exact) mass is 287 g/mol. The standard InChI is InChI=1S/C15H13NO5/c1-20-13-8-7-10(14(17)18)9-12(13)16-15(19)21-11-5-3-2-4-6-11/h2-9H,1H3,(H,16,19)(H,17,18). The van der Waals surface area contributed by atoms with Crippen molar-refractivity contribution in [3.05, 3.63) is 54.1 Å².